The van der Waals surface area contributed by atoms with Crippen LogP contribution in [0, 0.1) is 12.8 Å². The Bertz CT molecular complexity index is 715. The molecule has 1 aliphatic rings. The van der Waals surface area contributed by atoms with Crippen LogP contribution >= 0.6 is 11.3 Å². The second kappa shape index (κ2) is 6.41. The van der Waals surface area contributed by atoms with Crippen LogP contribution in [0.3, 0.4) is 0 Å². The van der Waals surface area contributed by atoms with E-state index in [0.29, 0.717) is 19.0 Å². The van der Waals surface area contributed by atoms with Crippen molar-refractivity contribution < 1.29 is 9.90 Å². The average molecular weight is 334 g/mol. The first-order valence-corrected chi connectivity index (χ1v) is 8.68. The van der Waals surface area contributed by atoms with E-state index in [4.69, 9.17) is 0 Å². The van der Waals surface area contributed by atoms with Gasteiger partial charge >= 0.3 is 5.97 Å². The summed E-state index contributed by atoms with van der Waals surface area (Å²) < 4.78 is 1.05. The third kappa shape index (κ3) is 3.16. The highest BCUT2D eigenvalue weighted by atomic mass is 32.1. The standard InChI is InChI=1S/C16H22N4O2S/c1-10-8-23-14-13(10)17-9-18-15(14)20-6-11(16(21)22)4-5-12(7-20)19(2)3/h8-9,11-12H,4-7H2,1-3H3,(H,21,22)/t11-,12+/m0/s1. The fraction of sp³-hybridized carbons (Fsp3) is 0.562. The molecule has 1 saturated heterocycles. The molecule has 3 rings (SSSR count). The lowest BCUT2D eigenvalue weighted by Crippen LogP contribution is -2.40. The number of fused-ring (bicyclic) bond motifs is 1. The zero-order chi connectivity index (χ0) is 16.6. The van der Waals surface area contributed by atoms with Crippen molar-refractivity contribution in [2.24, 2.45) is 5.92 Å². The summed E-state index contributed by atoms with van der Waals surface area (Å²) in [6.07, 6.45) is 3.17. The molecule has 23 heavy (non-hydrogen) atoms. The minimum absolute atomic E-state index is 0.324. The number of likely N-dealkylation sites (N-methyl/N-ethyl adjacent to an activating group) is 1. The van der Waals surface area contributed by atoms with Gasteiger partial charge in [0.1, 0.15) is 12.1 Å². The van der Waals surface area contributed by atoms with Crippen molar-refractivity contribution in [1.82, 2.24) is 14.9 Å². The second-order valence-electron chi connectivity index (χ2n) is 6.43. The molecular formula is C16H22N4O2S. The van der Waals surface area contributed by atoms with E-state index >= 15 is 0 Å². The summed E-state index contributed by atoms with van der Waals surface area (Å²) in [5, 5.41) is 11.6. The van der Waals surface area contributed by atoms with Gasteiger partial charge in [0, 0.05) is 19.1 Å². The fourth-order valence-electron chi connectivity index (χ4n) is 3.15. The third-order valence-electron chi connectivity index (χ3n) is 4.61. The number of aliphatic carboxylic acids is 1. The Hall–Kier alpha value is -1.73. The van der Waals surface area contributed by atoms with Crippen molar-refractivity contribution in [2.45, 2.75) is 25.8 Å². The number of thiophene rings is 1. The predicted molar refractivity (Wildman–Crippen MR) is 92.2 cm³/mol. The molecule has 3 heterocycles. The molecule has 0 radical (unpaired) electrons. The highest BCUT2D eigenvalue weighted by Gasteiger charge is 2.30. The number of aryl methyl sites for hydroxylation is 1. The van der Waals surface area contributed by atoms with Gasteiger partial charge in [-0.1, -0.05) is 0 Å². The number of hydrogen-bond donors (Lipinski definition) is 1. The lowest BCUT2D eigenvalue weighted by Gasteiger charge is -2.29. The van der Waals surface area contributed by atoms with Gasteiger partial charge in [-0.2, -0.15) is 0 Å². The van der Waals surface area contributed by atoms with E-state index in [-0.39, 0.29) is 5.92 Å². The number of aromatic nitrogens is 2. The number of hydrogen-bond acceptors (Lipinski definition) is 6. The van der Waals surface area contributed by atoms with Crippen LogP contribution in [-0.2, 0) is 4.79 Å². The normalized spacial score (nSPS) is 22.5. The molecular weight excluding hydrogens is 312 g/mol. The van der Waals surface area contributed by atoms with E-state index < -0.39 is 5.97 Å². The SMILES string of the molecule is Cc1csc2c(N3C[C@@H](C(=O)O)CC[C@@H](N(C)C)C3)ncnc12. The molecule has 124 valence electrons. The largest absolute Gasteiger partial charge is 0.481 e. The minimum atomic E-state index is -0.720. The van der Waals surface area contributed by atoms with E-state index in [1.807, 2.05) is 6.92 Å². The predicted octanol–water partition coefficient (Wildman–Crippen LogP) is 2.23. The molecule has 0 bridgehead atoms. The lowest BCUT2D eigenvalue weighted by atomic mass is 10.0. The van der Waals surface area contributed by atoms with Crippen LogP contribution in [0.25, 0.3) is 10.2 Å². The van der Waals surface area contributed by atoms with E-state index in [0.717, 1.165) is 34.6 Å². The first kappa shape index (κ1) is 16.1. The number of carboxylic acid groups (broad SMARTS) is 1. The van der Waals surface area contributed by atoms with Crippen LogP contribution in [0.15, 0.2) is 11.7 Å². The molecule has 1 N–H and O–H groups in total. The molecule has 2 atom stereocenters. The zero-order valence-electron chi connectivity index (χ0n) is 13.7. The van der Waals surface area contributed by atoms with Crippen LogP contribution in [0.2, 0.25) is 0 Å². The second-order valence-corrected chi connectivity index (χ2v) is 7.31. The maximum atomic E-state index is 11.6. The molecule has 0 amide bonds. The first-order chi connectivity index (χ1) is 11.0. The Labute approximate surface area is 139 Å². The van der Waals surface area contributed by atoms with Gasteiger partial charge in [-0.05, 0) is 44.8 Å². The zero-order valence-corrected chi connectivity index (χ0v) is 14.5. The maximum Gasteiger partial charge on any atom is 0.308 e. The van der Waals surface area contributed by atoms with Crippen molar-refractivity contribution in [3.8, 4) is 0 Å². The van der Waals surface area contributed by atoms with Gasteiger partial charge < -0.3 is 14.9 Å². The smallest absolute Gasteiger partial charge is 0.308 e. The number of nitrogens with zero attached hydrogens (tertiary/aromatic N) is 4. The van der Waals surface area contributed by atoms with Crippen LogP contribution in [-0.4, -0.2) is 59.2 Å². The molecule has 0 aromatic carbocycles. The van der Waals surface area contributed by atoms with Crippen molar-refractivity contribution >= 4 is 33.3 Å². The molecule has 0 aliphatic carbocycles. The first-order valence-electron chi connectivity index (χ1n) is 7.80. The van der Waals surface area contributed by atoms with Crippen molar-refractivity contribution in [3.63, 3.8) is 0 Å². The van der Waals surface area contributed by atoms with Crippen LogP contribution in [0.5, 0.6) is 0 Å². The van der Waals surface area contributed by atoms with Gasteiger partial charge in [0.2, 0.25) is 0 Å². The van der Waals surface area contributed by atoms with E-state index in [1.54, 1.807) is 17.7 Å². The third-order valence-corrected chi connectivity index (χ3v) is 5.69. The number of carboxylic acids is 1. The van der Waals surface area contributed by atoms with Gasteiger partial charge in [-0.25, -0.2) is 9.97 Å². The summed E-state index contributed by atoms with van der Waals surface area (Å²) in [5.74, 6) is -0.207. The van der Waals surface area contributed by atoms with Crippen LogP contribution in [0.1, 0.15) is 18.4 Å². The quantitative estimate of drug-likeness (QED) is 0.928. The monoisotopic (exact) mass is 334 g/mol. The van der Waals surface area contributed by atoms with Gasteiger partial charge in [-0.3, -0.25) is 4.79 Å². The fourth-order valence-corrected chi connectivity index (χ4v) is 4.17. The van der Waals surface area contributed by atoms with Crippen LogP contribution in [0.4, 0.5) is 5.82 Å². The summed E-state index contributed by atoms with van der Waals surface area (Å²) in [6, 6.07) is 0.324. The molecule has 0 unspecified atom stereocenters. The maximum absolute atomic E-state index is 11.6. The topological polar surface area (TPSA) is 69.6 Å². The summed E-state index contributed by atoms with van der Waals surface area (Å²) >= 11 is 1.63. The Morgan fingerprint density at radius 3 is 2.83 bits per heavy atom. The summed E-state index contributed by atoms with van der Waals surface area (Å²) in [6.45, 7) is 3.34. The molecule has 0 spiro atoms. The van der Waals surface area contributed by atoms with Crippen LogP contribution < -0.4 is 4.90 Å². The highest BCUT2D eigenvalue weighted by molar-refractivity contribution is 7.18. The lowest BCUT2D eigenvalue weighted by molar-refractivity contribution is -0.141. The van der Waals surface area contributed by atoms with E-state index in [1.165, 1.54) is 0 Å². The molecule has 7 heteroatoms. The Balaban J connectivity index is 2.00. The van der Waals surface area contributed by atoms with Crippen molar-refractivity contribution in [1.29, 1.82) is 0 Å². The number of anilines is 1. The number of rotatable bonds is 3. The Kier molecular flexibility index (Phi) is 4.50. The van der Waals surface area contributed by atoms with Gasteiger partial charge in [0.25, 0.3) is 0 Å². The Morgan fingerprint density at radius 1 is 1.35 bits per heavy atom. The highest BCUT2D eigenvalue weighted by Crippen LogP contribution is 2.33. The summed E-state index contributed by atoms with van der Waals surface area (Å²) in [5.41, 5.74) is 2.11. The molecule has 0 saturated carbocycles. The molecule has 6 nitrogen and oxygen atoms in total. The average Bonchev–Trinajstić information content (AvgIpc) is 2.76. The molecule has 2 aromatic heterocycles. The van der Waals surface area contributed by atoms with Gasteiger partial charge in [-0.15, -0.1) is 11.3 Å². The molecule has 1 aliphatic heterocycles. The van der Waals surface area contributed by atoms with E-state index in [2.05, 4.69) is 39.2 Å². The van der Waals surface area contributed by atoms with Gasteiger partial charge in [0.05, 0.1) is 16.1 Å². The van der Waals surface area contributed by atoms with Crippen molar-refractivity contribution in [3.05, 3.63) is 17.3 Å². The summed E-state index contributed by atoms with van der Waals surface area (Å²) in [7, 11) is 4.10. The number of carbonyl (C=O) groups is 1. The Morgan fingerprint density at radius 2 is 2.13 bits per heavy atom. The van der Waals surface area contributed by atoms with Gasteiger partial charge in [0.15, 0.2) is 0 Å². The molecule has 2 aromatic rings. The summed E-state index contributed by atoms with van der Waals surface area (Å²) in [4.78, 5) is 24.7. The van der Waals surface area contributed by atoms with E-state index in [9.17, 15) is 9.90 Å². The molecule has 1 fully saturated rings. The van der Waals surface area contributed by atoms with Crippen molar-refractivity contribution in [2.75, 3.05) is 32.1 Å². The minimum Gasteiger partial charge on any atom is -0.481 e.